The van der Waals surface area contributed by atoms with Crippen molar-refractivity contribution in [2.75, 3.05) is 24.1 Å². The monoisotopic (exact) mass is 577 g/mol. The van der Waals surface area contributed by atoms with Crippen LogP contribution in [-0.4, -0.2) is 54.9 Å². The number of alkyl halides is 3. The number of fused-ring (bicyclic) bond motifs is 1. The molecule has 1 saturated heterocycles. The largest absolute Gasteiger partial charge is 0.416 e. The lowest BCUT2D eigenvalue weighted by atomic mass is 10.0. The summed E-state index contributed by atoms with van der Waals surface area (Å²) in [5.74, 6) is -0.273. The summed E-state index contributed by atoms with van der Waals surface area (Å²) >= 11 is 0. The van der Waals surface area contributed by atoms with Crippen LogP contribution in [0, 0.1) is 5.41 Å². The molecule has 1 aliphatic carbocycles. The number of halogens is 3. The molecule has 0 unspecified atom stereocenters. The molecule has 1 spiro atoms. The number of imidazole rings is 1. The van der Waals surface area contributed by atoms with Crippen molar-refractivity contribution >= 4 is 34.8 Å². The van der Waals surface area contributed by atoms with Crippen molar-refractivity contribution in [2.24, 2.45) is 5.41 Å². The van der Waals surface area contributed by atoms with Crippen molar-refractivity contribution in [2.45, 2.75) is 38.3 Å². The molecule has 1 aromatic carbocycles. The number of carbonyl (C=O) groups excluding carboxylic acids is 3. The second kappa shape index (κ2) is 9.93. The van der Waals surface area contributed by atoms with Gasteiger partial charge in [0.25, 0.3) is 5.91 Å². The van der Waals surface area contributed by atoms with E-state index < -0.39 is 23.1 Å². The molecule has 2 aliphatic rings. The van der Waals surface area contributed by atoms with Crippen molar-refractivity contribution in [3.05, 3.63) is 71.9 Å². The minimum atomic E-state index is -4.56. The van der Waals surface area contributed by atoms with Gasteiger partial charge in [-0.2, -0.15) is 13.2 Å². The zero-order chi connectivity index (χ0) is 29.8. The van der Waals surface area contributed by atoms with E-state index in [1.165, 1.54) is 12.1 Å². The zero-order valence-electron chi connectivity index (χ0n) is 22.5. The maximum absolute atomic E-state index is 13.0. The van der Waals surface area contributed by atoms with Crippen LogP contribution in [0.25, 0.3) is 16.8 Å². The Morgan fingerprint density at radius 2 is 1.86 bits per heavy atom. The van der Waals surface area contributed by atoms with Crippen LogP contribution in [0.5, 0.6) is 0 Å². The van der Waals surface area contributed by atoms with Gasteiger partial charge in [0.15, 0.2) is 5.78 Å². The van der Waals surface area contributed by atoms with Gasteiger partial charge in [-0.05, 0) is 43.5 Å². The number of benzene rings is 1. The lowest BCUT2D eigenvalue weighted by Crippen LogP contribution is -2.32. The minimum Gasteiger partial charge on any atom is -0.382 e. The lowest BCUT2D eigenvalue weighted by Gasteiger charge is -2.22. The molecular weight excluding hydrogens is 551 g/mol. The highest BCUT2D eigenvalue weighted by atomic mass is 19.4. The Labute approximate surface area is 237 Å². The summed E-state index contributed by atoms with van der Waals surface area (Å²) < 4.78 is 40.9. The normalized spacial score (nSPS) is 16.8. The Kier molecular flexibility index (Phi) is 6.47. The summed E-state index contributed by atoms with van der Waals surface area (Å²) in [6.07, 6.45) is 1.58. The Hall–Kier alpha value is -4.81. The van der Waals surface area contributed by atoms with E-state index in [9.17, 15) is 27.6 Å². The fraction of sp³-hybridized carbons (Fsp3) is 0.310. The first kappa shape index (κ1) is 27.4. The van der Waals surface area contributed by atoms with Crippen molar-refractivity contribution in [3.8, 4) is 11.3 Å². The number of nitrogens with zero attached hydrogens (tertiary/aromatic N) is 5. The fourth-order valence-electron chi connectivity index (χ4n) is 5.46. The van der Waals surface area contributed by atoms with Crippen LogP contribution in [-0.2, 0) is 15.8 Å². The molecule has 6 rings (SSSR count). The van der Waals surface area contributed by atoms with Gasteiger partial charge in [-0.3, -0.25) is 18.8 Å². The number of hydrogen-bond acceptors (Lipinski definition) is 7. The van der Waals surface area contributed by atoms with Gasteiger partial charge >= 0.3 is 6.18 Å². The Morgan fingerprint density at radius 1 is 1.12 bits per heavy atom. The quantitative estimate of drug-likeness (QED) is 0.312. The van der Waals surface area contributed by atoms with E-state index in [-0.39, 0.29) is 41.4 Å². The molecule has 4 aromatic rings. The van der Waals surface area contributed by atoms with Gasteiger partial charge in [-0.25, -0.2) is 15.0 Å². The number of ketones is 1. The van der Waals surface area contributed by atoms with Gasteiger partial charge in [0.05, 0.1) is 12.1 Å². The summed E-state index contributed by atoms with van der Waals surface area (Å²) in [4.78, 5) is 52.7. The first-order valence-corrected chi connectivity index (χ1v) is 13.4. The topological polar surface area (TPSA) is 136 Å². The number of carbonyl (C=O) groups is 3. The fourth-order valence-corrected chi connectivity index (χ4v) is 5.46. The van der Waals surface area contributed by atoms with Gasteiger partial charge in [0.2, 0.25) is 5.91 Å². The average molecular weight is 578 g/mol. The molecule has 1 atom stereocenters. The predicted molar refractivity (Wildman–Crippen MR) is 146 cm³/mol. The molecule has 0 radical (unpaired) electrons. The molecular formula is C29H26F3N7O3. The molecule has 1 aliphatic heterocycles. The highest BCUT2D eigenvalue weighted by Gasteiger charge is 2.62. The summed E-state index contributed by atoms with van der Waals surface area (Å²) in [5.41, 5.74) is 6.44. The van der Waals surface area contributed by atoms with E-state index in [1.807, 2.05) is 11.3 Å². The van der Waals surface area contributed by atoms with Gasteiger partial charge < -0.3 is 16.0 Å². The molecule has 13 heteroatoms. The summed E-state index contributed by atoms with van der Waals surface area (Å²) in [6.45, 7) is 2.43. The van der Waals surface area contributed by atoms with Crippen molar-refractivity contribution < 1.29 is 27.6 Å². The molecule has 2 fully saturated rings. The number of hydrogen-bond donors (Lipinski definition) is 2. The van der Waals surface area contributed by atoms with Gasteiger partial charge in [-0.15, -0.1) is 0 Å². The third kappa shape index (κ3) is 4.64. The highest BCUT2D eigenvalue weighted by Crippen LogP contribution is 2.51. The number of nitrogens with two attached hydrogens (primary N) is 1. The maximum Gasteiger partial charge on any atom is 0.416 e. The lowest BCUT2D eigenvalue weighted by molar-refractivity contribution is -0.137. The predicted octanol–water partition coefficient (Wildman–Crippen LogP) is 4.33. The number of Topliss-reactive ketones (excluding diaryl/α,β-unsaturated/α-hetero) is 1. The van der Waals surface area contributed by atoms with E-state index in [0.29, 0.717) is 48.4 Å². The second-order valence-corrected chi connectivity index (χ2v) is 10.6. The van der Waals surface area contributed by atoms with E-state index in [1.54, 1.807) is 29.4 Å². The van der Waals surface area contributed by atoms with E-state index in [2.05, 4.69) is 15.3 Å². The highest BCUT2D eigenvalue weighted by molar-refractivity contribution is 6.15. The van der Waals surface area contributed by atoms with Crippen LogP contribution < -0.4 is 11.1 Å². The molecule has 42 heavy (non-hydrogen) atoms. The van der Waals surface area contributed by atoms with Crippen LogP contribution in [0.3, 0.4) is 0 Å². The number of pyridine rings is 1. The third-order valence-electron chi connectivity index (χ3n) is 7.97. The molecule has 2 amide bonds. The van der Waals surface area contributed by atoms with Gasteiger partial charge in [0.1, 0.15) is 34.1 Å². The molecule has 0 bridgehead atoms. The Balaban J connectivity index is 1.27. The van der Waals surface area contributed by atoms with Crippen LogP contribution in [0.2, 0.25) is 0 Å². The second-order valence-electron chi connectivity index (χ2n) is 10.6. The van der Waals surface area contributed by atoms with E-state index in [4.69, 9.17) is 10.7 Å². The summed E-state index contributed by atoms with van der Waals surface area (Å²) in [7, 11) is 0. The van der Waals surface area contributed by atoms with Crippen LogP contribution in [0.4, 0.5) is 24.8 Å². The number of anilines is 2. The molecule has 1 saturated carbocycles. The zero-order valence-corrected chi connectivity index (χ0v) is 22.5. The van der Waals surface area contributed by atoms with Crippen molar-refractivity contribution in [1.82, 2.24) is 24.3 Å². The standard InChI is InChI=1S/C29H26F3N7O3/c1-2-16(14-38-15-20(40)28(8-9-28)27(38)42)25-37-22(23-24(33)35-11-12-39(23)25)17-3-5-18(6-4-17)26(41)36-21-13-19(7-10-34-21)29(30,31)32/h3-7,10-13,16H,2,8-9,14-15H2,1H3,(H2,33,35)(H,34,36,41)/t16-/m1/s1. The number of amides is 2. The first-order valence-electron chi connectivity index (χ1n) is 13.4. The molecule has 216 valence electrons. The Bertz CT molecular complexity index is 1730. The van der Waals surface area contributed by atoms with Gasteiger partial charge in [0, 0.05) is 42.2 Å². The van der Waals surface area contributed by atoms with Crippen molar-refractivity contribution in [3.63, 3.8) is 0 Å². The molecule has 3 N–H and O–H groups in total. The number of likely N-dealkylation sites (tertiary alicyclic amines) is 1. The Morgan fingerprint density at radius 3 is 2.50 bits per heavy atom. The number of nitrogens with one attached hydrogen (secondary N) is 1. The van der Waals surface area contributed by atoms with E-state index in [0.717, 1.165) is 18.3 Å². The van der Waals surface area contributed by atoms with Crippen LogP contribution in [0.1, 0.15) is 53.8 Å². The van der Waals surface area contributed by atoms with Crippen LogP contribution in [0.15, 0.2) is 55.0 Å². The van der Waals surface area contributed by atoms with Gasteiger partial charge in [-0.1, -0.05) is 19.1 Å². The number of rotatable bonds is 7. The first-order chi connectivity index (χ1) is 20.0. The number of nitrogen functional groups attached to an aromatic ring is 1. The SMILES string of the molecule is CC[C@H](CN1CC(=O)C2(CC2)C1=O)c1nc(-c2ccc(C(=O)Nc3cc(C(F)(F)F)ccn3)cc2)c2c(N)nccn12. The number of aromatic nitrogens is 4. The summed E-state index contributed by atoms with van der Waals surface area (Å²) in [6, 6.07) is 7.96. The maximum atomic E-state index is 13.0. The van der Waals surface area contributed by atoms with E-state index >= 15 is 0 Å². The third-order valence-corrected chi connectivity index (χ3v) is 7.97. The summed E-state index contributed by atoms with van der Waals surface area (Å²) in [5, 5.41) is 2.39. The molecule has 10 nitrogen and oxygen atoms in total. The molecule has 4 heterocycles. The smallest absolute Gasteiger partial charge is 0.382 e. The average Bonchev–Trinajstić information content (AvgIpc) is 3.64. The minimum absolute atomic E-state index is 0.0163. The van der Waals surface area contributed by atoms with Crippen molar-refractivity contribution in [1.29, 1.82) is 0 Å². The molecule has 3 aromatic heterocycles. The van der Waals surface area contributed by atoms with Crippen LogP contribution >= 0.6 is 0 Å².